The molecular formula is C48H54ClFN8O12S. The average Bonchev–Trinajstić information content (AvgIpc) is 3.62. The number of carbonyl (C=O) groups is 6. The minimum atomic E-state index is -1.01. The van der Waals surface area contributed by atoms with Gasteiger partial charge in [0.05, 0.1) is 93.9 Å². The third kappa shape index (κ3) is 14.5. The lowest BCUT2D eigenvalue weighted by atomic mass is 10.0. The van der Waals surface area contributed by atoms with Gasteiger partial charge in [0.1, 0.15) is 36.4 Å². The molecule has 20 nitrogen and oxygen atoms in total. The van der Waals surface area contributed by atoms with Crippen molar-refractivity contribution in [3.63, 3.8) is 0 Å². The summed E-state index contributed by atoms with van der Waals surface area (Å²) in [6.45, 7) is 5.97. The Bertz CT molecular complexity index is 2600. The number of imide groups is 2. The minimum absolute atomic E-state index is 0.0381. The second-order valence-corrected chi connectivity index (χ2v) is 17.6. The van der Waals surface area contributed by atoms with Gasteiger partial charge >= 0.3 is 0 Å². The third-order valence-electron chi connectivity index (χ3n) is 11.4. The Balaban J connectivity index is 0.675. The number of methoxy groups -OCH3 is 1. The van der Waals surface area contributed by atoms with Crippen LogP contribution in [0.15, 0.2) is 71.9 Å². The van der Waals surface area contributed by atoms with Crippen molar-refractivity contribution in [3.05, 3.63) is 89.0 Å². The Morgan fingerprint density at radius 3 is 2.27 bits per heavy atom. The van der Waals surface area contributed by atoms with Crippen LogP contribution >= 0.6 is 23.4 Å². The van der Waals surface area contributed by atoms with Gasteiger partial charge in [0, 0.05) is 73.0 Å². The van der Waals surface area contributed by atoms with E-state index < -0.39 is 35.5 Å². The summed E-state index contributed by atoms with van der Waals surface area (Å²) in [6, 6.07) is 11.6. The monoisotopic (exact) mass is 1020 g/mol. The predicted octanol–water partition coefficient (Wildman–Crippen LogP) is 4.09. The molecule has 2 saturated heterocycles. The smallest absolute Gasteiger partial charge is 0.263 e. The van der Waals surface area contributed by atoms with Crippen molar-refractivity contribution in [1.82, 2.24) is 30.0 Å². The van der Waals surface area contributed by atoms with Crippen molar-refractivity contribution < 1.29 is 61.6 Å². The van der Waals surface area contributed by atoms with E-state index in [-0.39, 0.29) is 54.0 Å². The summed E-state index contributed by atoms with van der Waals surface area (Å²) in [6.07, 6.45) is 4.75. The summed E-state index contributed by atoms with van der Waals surface area (Å²) in [5, 5.41) is 8.73. The number of nitrogens with zero attached hydrogens (tertiary/aromatic N) is 5. The Morgan fingerprint density at radius 1 is 0.873 bits per heavy atom. The van der Waals surface area contributed by atoms with Gasteiger partial charge in [-0.25, -0.2) is 14.4 Å². The lowest BCUT2D eigenvalue weighted by Gasteiger charge is -2.34. The van der Waals surface area contributed by atoms with Crippen LogP contribution in [-0.4, -0.2) is 178 Å². The maximum absolute atomic E-state index is 13.7. The van der Waals surface area contributed by atoms with E-state index in [1.54, 1.807) is 41.3 Å². The number of anilines is 3. The number of hydrogen-bond acceptors (Lipinski definition) is 17. The van der Waals surface area contributed by atoms with Gasteiger partial charge in [-0.2, -0.15) is 0 Å². The molecule has 7 rings (SSSR count). The number of piperidine rings is 1. The van der Waals surface area contributed by atoms with E-state index in [9.17, 15) is 33.2 Å². The molecule has 3 N–H and O–H groups in total. The van der Waals surface area contributed by atoms with Gasteiger partial charge in [-0.3, -0.25) is 43.9 Å². The van der Waals surface area contributed by atoms with Crippen LogP contribution in [0.1, 0.15) is 33.6 Å². The third-order valence-corrected chi connectivity index (χ3v) is 12.7. The number of fused-ring (bicyclic) bond motifs is 2. The molecule has 3 aromatic carbocycles. The molecule has 0 radical (unpaired) electrons. The zero-order valence-corrected chi connectivity index (χ0v) is 40.5. The molecule has 1 atom stereocenters. The summed E-state index contributed by atoms with van der Waals surface area (Å²) in [7, 11) is 1.49. The standard InChI is InChI=1S/C48H54ClFN8O12S/c1-65-39-28-36-33(45(52-30-51-36)53-31-7-8-35(50)34(49)26-31)27-37(39)54-41(59)6-3-11-56-12-14-57(15-13-56)43(61)29-70-23-22-68-19-18-66-16-17-67-20-21-69-24-25-71-40-5-2-4-32-44(40)48(64)58(47(32)63)38-9-10-42(60)55-46(38)62/h2-8,26-28,30,38H,9-25,29H2,1H3,(H,54,59)(H,51,52,53)(H,55,60,62)/b6-3+. The second-order valence-electron chi connectivity index (χ2n) is 16.1. The van der Waals surface area contributed by atoms with E-state index in [4.69, 9.17) is 40.0 Å². The number of ether oxygens (including phenoxy) is 6. The van der Waals surface area contributed by atoms with Crippen LogP contribution in [0.5, 0.6) is 5.75 Å². The molecule has 23 heteroatoms. The number of thioether (sulfide) groups is 1. The molecular weight excluding hydrogens is 967 g/mol. The fraction of sp³-hybridized carbons (Fsp3) is 0.417. The van der Waals surface area contributed by atoms with Crippen molar-refractivity contribution >= 4 is 86.9 Å². The van der Waals surface area contributed by atoms with Crippen LogP contribution in [0.25, 0.3) is 10.9 Å². The zero-order chi connectivity index (χ0) is 50.1. The van der Waals surface area contributed by atoms with Crippen molar-refractivity contribution in [3.8, 4) is 5.75 Å². The van der Waals surface area contributed by atoms with E-state index >= 15 is 0 Å². The summed E-state index contributed by atoms with van der Waals surface area (Å²) in [4.78, 5) is 90.0. The second kappa shape index (κ2) is 26.4. The number of halogens is 2. The number of amides is 6. The van der Waals surface area contributed by atoms with Gasteiger partial charge in [0.2, 0.25) is 23.6 Å². The Morgan fingerprint density at radius 2 is 1.58 bits per heavy atom. The molecule has 4 heterocycles. The highest BCUT2D eigenvalue weighted by molar-refractivity contribution is 7.99. The highest BCUT2D eigenvalue weighted by atomic mass is 35.5. The average molecular weight is 1020 g/mol. The molecule has 378 valence electrons. The van der Waals surface area contributed by atoms with E-state index in [0.717, 1.165) is 4.90 Å². The summed E-state index contributed by atoms with van der Waals surface area (Å²) in [5.41, 5.74) is 2.00. The molecule has 3 aliphatic rings. The minimum Gasteiger partial charge on any atom is -0.494 e. The molecule has 0 saturated carbocycles. The summed E-state index contributed by atoms with van der Waals surface area (Å²) < 4.78 is 47.0. The first-order valence-corrected chi connectivity index (χ1v) is 24.3. The molecule has 71 heavy (non-hydrogen) atoms. The van der Waals surface area contributed by atoms with Crippen LogP contribution in [0, 0.1) is 5.82 Å². The van der Waals surface area contributed by atoms with Crippen molar-refractivity contribution in [2.24, 2.45) is 0 Å². The number of rotatable bonds is 26. The normalized spacial score (nSPS) is 16.2. The number of benzene rings is 3. The maximum Gasteiger partial charge on any atom is 0.263 e. The molecule has 4 aromatic rings. The fourth-order valence-corrected chi connectivity index (χ4v) is 8.89. The SMILES string of the molecule is COc1cc2ncnc(Nc3ccc(F)c(Cl)c3)c2cc1NC(=O)/C=C/CN1CCN(C(=O)COCCOCCOCCOCCOCCSc2cccc3c2C(=O)N(C2CCC(=O)NC2=O)C3=O)CC1. The van der Waals surface area contributed by atoms with E-state index in [0.29, 0.717) is 130 Å². The van der Waals surface area contributed by atoms with E-state index in [1.165, 1.54) is 49.5 Å². The molecule has 6 amide bonds. The van der Waals surface area contributed by atoms with Gasteiger partial charge in [-0.1, -0.05) is 23.7 Å². The first-order chi connectivity index (χ1) is 34.5. The van der Waals surface area contributed by atoms with Gasteiger partial charge in [0.25, 0.3) is 11.8 Å². The molecule has 3 aliphatic heterocycles. The van der Waals surface area contributed by atoms with Gasteiger partial charge in [-0.05, 0) is 42.8 Å². The van der Waals surface area contributed by atoms with Gasteiger partial charge in [-0.15, -0.1) is 11.8 Å². The van der Waals surface area contributed by atoms with Crippen LogP contribution in [0.3, 0.4) is 0 Å². The molecule has 2 fully saturated rings. The fourth-order valence-electron chi connectivity index (χ4n) is 7.77. The number of aromatic nitrogens is 2. The number of nitrogens with one attached hydrogen (secondary N) is 3. The maximum atomic E-state index is 13.7. The van der Waals surface area contributed by atoms with Gasteiger partial charge in [0.15, 0.2) is 0 Å². The van der Waals surface area contributed by atoms with E-state index in [1.807, 2.05) is 0 Å². The highest BCUT2D eigenvalue weighted by Gasteiger charge is 2.45. The first-order valence-electron chi connectivity index (χ1n) is 22.9. The number of piperazine rings is 1. The lowest BCUT2D eigenvalue weighted by Crippen LogP contribution is -2.54. The number of hydrogen-bond donors (Lipinski definition) is 3. The van der Waals surface area contributed by atoms with Crippen LogP contribution < -0.4 is 20.7 Å². The van der Waals surface area contributed by atoms with Crippen LogP contribution in [-0.2, 0) is 42.9 Å². The molecule has 1 unspecified atom stereocenters. The van der Waals surface area contributed by atoms with Crippen molar-refractivity contribution in [2.45, 2.75) is 23.8 Å². The summed E-state index contributed by atoms with van der Waals surface area (Å²) in [5.74, 6) is -1.80. The van der Waals surface area contributed by atoms with Crippen molar-refractivity contribution in [2.75, 3.05) is 122 Å². The quantitative estimate of drug-likeness (QED) is 0.0348. The Hall–Kier alpha value is -6.11. The Kier molecular flexibility index (Phi) is 19.6. The predicted molar refractivity (Wildman–Crippen MR) is 260 cm³/mol. The summed E-state index contributed by atoms with van der Waals surface area (Å²) >= 11 is 7.33. The van der Waals surface area contributed by atoms with Crippen LogP contribution in [0.4, 0.5) is 21.6 Å². The van der Waals surface area contributed by atoms with Crippen molar-refractivity contribution in [1.29, 1.82) is 0 Å². The molecule has 0 aliphatic carbocycles. The van der Waals surface area contributed by atoms with E-state index in [2.05, 4.69) is 30.8 Å². The van der Waals surface area contributed by atoms with Crippen LogP contribution in [0.2, 0.25) is 5.02 Å². The van der Waals surface area contributed by atoms with Gasteiger partial charge < -0.3 is 44.0 Å². The highest BCUT2D eigenvalue weighted by Crippen LogP contribution is 2.35. The zero-order valence-electron chi connectivity index (χ0n) is 39.0. The lowest BCUT2D eigenvalue weighted by molar-refractivity contribution is -0.138. The molecule has 0 spiro atoms. The first kappa shape index (κ1) is 52.7. The largest absolute Gasteiger partial charge is 0.494 e. The Labute approximate surface area is 417 Å². The molecule has 0 bridgehead atoms. The topological polar surface area (TPSA) is 229 Å². The number of carbonyl (C=O) groups excluding carboxylic acids is 6. The molecule has 1 aromatic heterocycles.